The highest BCUT2D eigenvalue weighted by Gasteiger charge is 2.28. The van der Waals surface area contributed by atoms with Crippen molar-refractivity contribution in [3.05, 3.63) is 24.3 Å². The van der Waals surface area contributed by atoms with E-state index >= 15 is 0 Å². The molecule has 0 saturated carbocycles. The maximum Gasteiger partial charge on any atom is 0.241 e. The number of hydrogen-bond donors (Lipinski definition) is 2. The molecule has 2 saturated heterocycles. The number of rotatable bonds is 3. The molecule has 114 valence electrons. The van der Waals surface area contributed by atoms with Gasteiger partial charge in [0.25, 0.3) is 0 Å². The van der Waals surface area contributed by atoms with Crippen molar-refractivity contribution in [2.45, 2.75) is 25.3 Å². The molecule has 2 aliphatic rings. The van der Waals surface area contributed by atoms with Crippen molar-refractivity contribution in [2.75, 3.05) is 28.5 Å². The first-order valence-electron chi connectivity index (χ1n) is 7.21. The molecule has 0 aromatic heterocycles. The normalized spacial score (nSPS) is 24.2. The smallest absolute Gasteiger partial charge is 0.241 e. The predicted molar refractivity (Wildman–Crippen MR) is 81.8 cm³/mol. The van der Waals surface area contributed by atoms with E-state index in [1.165, 1.54) is 4.31 Å². The molecule has 2 N–H and O–H groups in total. The molecule has 2 fully saturated rings. The second-order valence-corrected chi connectivity index (χ2v) is 7.44. The fourth-order valence-electron chi connectivity index (χ4n) is 2.81. The lowest BCUT2D eigenvalue weighted by Gasteiger charge is -2.18. The quantitative estimate of drug-likeness (QED) is 0.870. The Balaban J connectivity index is 1.75. The lowest BCUT2D eigenvalue weighted by Crippen LogP contribution is -2.35. The Morgan fingerprint density at radius 2 is 2.19 bits per heavy atom. The first-order chi connectivity index (χ1) is 10.1. The van der Waals surface area contributed by atoms with Crippen LogP contribution in [-0.4, -0.2) is 39.2 Å². The van der Waals surface area contributed by atoms with Crippen LogP contribution in [0.2, 0.25) is 0 Å². The number of sulfonamides is 1. The highest BCUT2D eigenvalue weighted by molar-refractivity contribution is 7.93. The van der Waals surface area contributed by atoms with Crippen LogP contribution in [0.5, 0.6) is 0 Å². The summed E-state index contributed by atoms with van der Waals surface area (Å²) in [6, 6.07) is 6.87. The zero-order valence-corrected chi connectivity index (χ0v) is 12.5. The highest BCUT2D eigenvalue weighted by Crippen LogP contribution is 2.26. The molecule has 0 aliphatic carbocycles. The summed E-state index contributed by atoms with van der Waals surface area (Å²) in [7, 11) is -3.19. The SMILES string of the molecule is O=C(Nc1cccc(N2CCCS2(=O)=O)c1)[C@@H]1CCCN1. The van der Waals surface area contributed by atoms with Crippen LogP contribution in [0.4, 0.5) is 11.4 Å². The third kappa shape index (κ3) is 3.03. The second kappa shape index (κ2) is 5.65. The standard InChI is InChI=1S/C14H19N3O3S/c18-14(13-6-2-7-15-13)16-11-4-1-5-12(10-11)17-8-3-9-21(17,19)20/h1,4-5,10,13,15H,2-3,6-9H2,(H,16,18)/t13-/m0/s1. The molecule has 2 heterocycles. The van der Waals surface area contributed by atoms with E-state index in [0.717, 1.165) is 19.4 Å². The first-order valence-corrected chi connectivity index (χ1v) is 8.82. The van der Waals surface area contributed by atoms with Crippen LogP contribution in [0.25, 0.3) is 0 Å². The van der Waals surface area contributed by atoms with Gasteiger partial charge >= 0.3 is 0 Å². The Morgan fingerprint density at radius 1 is 1.33 bits per heavy atom. The van der Waals surface area contributed by atoms with E-state index in [1.54, 1.807) is 24.3 Å². The molecule has 3 rings (SSSR count). The number of nitrogens with one attached hydrogen (secondary N) is 2. The van der Waals surface area contributed by atoms with Gasteiger partial charge < -0.3 is 10.6 Å². The summed E-state index contributed by atoms with van der Waals surface area (Å²) in [5, 5.41) is 5.99. The summed E-state index contributed by atoms with van der Waals surface area (Å²) in [6.45, 7) is 1.37. The molecule has 1 amide bonds. The zero-order chi connectivity index (χ0) is 14.9. The van der Waals surface area contributed by atoms with Crippen molar-refractivity contribution in [3.8, 4) is 0 Å². The number of anilines is 2. The lowest BCUT2D eigenvalue weighted by molar-refractivity contribution is -0.117. The topological polar surface area (TPSA) is 78.5 Å². The molecule has 2 aliphatic heterocycles. The predicted octanol–water partition coefficient (Wildman–Crippen LogP) is 0.917. The molecule has 0 radical (unpaired) electrons. The molecule has 1 atom stereocenters. The number of carbonyl (C=O) groups excluding carboxylic acids is 1. The first kappa shape index (κ1) is 14.3. The number of amides is 1. The van der Waals surface area contributed by atoms with Gasteiger partial charge in [0.2, 0.25) is 15.9 Å². The Labute approximate surface area is 124 Å². The molecule has 7 heteroatoms. The molecule has 1 aromatic carbocycles. The number of benzene rings is 1. The fourth-order valence-corrected chi connectivity index (χ4v) is 4.36. The van der Waals surface area contributed by atoms with Crippen LogP contribution in [0, 0.1) is 0 Å². The van der Waals surface area contributed by atoms with Crippen molar-refractivity contribution in [1.82, 2.24) is 5.32 Å². The van der Waals surface area contributed by atoms with Gasteiger partial charge in [0.05, 0.1) is 17.5 Å². The summed E-state index contributed by atoms with van der Waals surface area (Å²) in [5.41, 5.74) is 1.25. The van der Waals surface area contributed by atoms with Crippen molar-refractivity contribution >= 4 is 27.3 Å². The summed E-state index contributed by atoms with van der Waals surface area (Å²) in [4.78, 5) is 12.1. The van der Waals surface area contributed by atoms with Gasteiger partial charge in [-0.25, -0.2) is 8.42 Å². The fraction of sp³-hybridized carbons (Fsp3) is 0.500. The average Bonchev–Trinajstić information content (AvgIpc) is 3.08. The van der Waals surface area contributed by atoms with Crippen molar-refractivity contribution < 1.29 is 13.2 Å². The number of hydrogen-bond acceptors (Lipinski definition) is 4. The van der Waals surface area contributed by atoms with Crippen LogP contribution in [-0.2, 0) is 14.8 Å². The van der Waals surface area contributed by atoms with Crippen LogP contribution in [0.15, 0.2) is 24.3 Å². The highest BCUT2D eigenvalue weighted by atomic mass is 32.2. The van der Waals surface area contributed by atoms with E-state index < -0.39 is 10.0 Å². The van der Waals surface area contributed by atoms with Crippen LogP contribution >= 0.6 is 0 Å². The van der Waals surface area contributed by atoms with E-state index in [4.69, 9.17) is 0 Å². The second-order valence-electron chi connectivity index (χ2n) is 5.43. The lowest BCUT2D eigenvalue weighted by atomic mass is 10.2. The van der Waals surface area contributed by atoms with Gasteiger partial charge in [-0.1, -0.05) is 6.07 Å². The minimum atomic E-state index is -3.19. The Kier molecular flexibility index (Phi) is 3.86. The van der Waals surface area contributed by atoms with Crippen molar-refractivity contribution in [3.63, 3.8) is 0 Å². The zero-order valence-electron chi connectivity index (χ0n) is 11.7. The molecule has 0 bridgehead atoms. The maximum absolute atomic E-state index is 12.1. The van der Waals surface area contributed by atoms with Crippen LogP contribution in [0.1, 0.15) is 19.3 Å². The van der Waals surface area contributed by atoms with Gasteiger partial charge in [0, 0.05) is 12.2 Å². The van der Waals surface area contributed by atoms with Crippen LogP contribution < -0.4 is 14.9 Å². The third-order valence-electron chi connectivity index (χ3n) is 3.88. The van der Waals surface area contributed by atoms with Crippen LogP contribution in [0.3, 0.4) is 0 Å². The van der Waals surface area contributed by atoms with E-state index in [2.05, 4.69) is 10.6 Å². The summed E-state index contributed by atoms with van der Waals surface area (Å²) in [5.74, 6) is 0.129. The Morgan fingerprint density at radius 3 is 2.86 bits per heavy atom. The Bertz CT molecular complexity index is 639. The van der Waals surface area contributed by atoms with Gasteiger partial charge in [0.15, 0.2) is 0 Å². The molecule has 0 spiro atoms. The van der Waals surface area contributed by atoms with Crippen molar-refractivity contribution in [1.29, 1.82) is 0 Å². The molecular formula is C14H19N3O3S. The summed E-state index contributed by atoms with van der Waals surface area (Å²) >= 11 is 0. The number of carbonyl (C=O) groups is 1. The minimum Gasteiger partial charge on any atom is -0.325 e. The molecule has 6 nitrogen and oxygen atoms in total. The summed E-state index contributed by atoms with van der Waals surface area (Å²) < 4.78 is 25.3. The largest absolute Gasteiger partial charge is 0.325 e. The van der Waals surface area contributed by atoms with Gasteiger partial charge in [-0.3, -0.25) is 9.10 Å². The molecule has 1 aromatic rings. The Hall–Kier alpha value is -1.60. The van der Waals surface area contributed by atoms with Gasteiger partial charge in [-0.2, -0.15) is 0 Å². The van der Waals surface area contributed by atoms with E-state index in [9.17, 15) is 13.2 Å². The third-order valence-corrected chi connectivity index (χ3v) is 5.75. The van der Waals surface area contributed by atoms with Gasteiger partial charge in [-0.05, 0) is 44.0 Å². The van der Waals surface area contributed by atoms with E-state index in [1.807, 2.05) is 0 Å². The van der Waals surface area contributed by atoms with E-state index in [-0.39, 0.29) is 17.7 Å². The molecule has 0 unspecified atom stereocenters. The minimum absolute atomic E-state index is 0.0612. The monoisotopic (exact) mass is 309 g/mol. The maximum atomic E-state index is 12.1. The van der Waals surface area contributed by atoms with Gasteiger partial charge in [0.1, 0.15) is 0 Å². The van der Waals surface area contributed by atoms with Gasteiger partial charge in [-0.15, -0.1) is 0 Å². The summed E-state index contributed by atoms with van der Waals surface area (Å²) in [6.07, 6.45) is 2.49. The van der Waals surface area contributed by atoms with Crippen molar-refractivity contribution in [2.24, 2.45) is 0 Å². The number of nitrogens with zero attached hydrogens (tertiary/aromatic N) is 1. The molecular weight excluding hydrogens is 290 g/mol. The van der Waals surface area contributed by atoms with E-state index in [0.29, 0.717) is 24.3 Å². The molecule has 21 heavy (non-hydrogen) atoms. The average molecular weight is 309 g/mol.